The van der Waals surface area contributed by atoms with Crippen LogP contribution < -0.4 is 5.43 Å². The third-order valence-electron chi connectivity index (χ3n) is 2.65. The fraction of sp³-hybridized carbons (Fsp3) is 0.0667. The van der Waals surface area contributed by atoms with E-state index >= 15 is 0 Å². The van der Waals surface area contributed by atoms with Crippen LogP contribution in [0.25, 0.3) is 0 Å². The number of nitrogens with one attached hydrogen (secondary N) is 1. The highest BCUT2D eigenvalue weighted by Gasteiger charge is 2.03. The van der Waals surface area contributed by atoms with E-state index in [0.29, 0.717) is 21.2 Å². The zero-order valence-electron chi connectivity index (χ0n) is 10.7. The number of hydrogen-bond acceptors (Lipinski definition) is 2. The van der Waals surface area contributed by atoms with E-state index in [2.05, 4.69) is 10.5 Å². The largest absolute Gasteiger partial charge is 0.271 e. The molecule has 0 unspecified atom stereocenters. The molecule has 0 aliphatic rings. The van der Waals surface area contributed by atoms with Crippen LogP contribution in [0.2, 0.25) is 10.0 Å². The van der Waals surface area contributed by atoms with Gasteiger partial charge in [-0.2, -0.15) is 5.10 Å². The number of hydrogen-bond donors (Lipinski definition) is 1. The summed E-state index contributed by atoms with van der Waals surface area (Å²) in [5.41, 5.74) is 4.77. The molecule has 0 fully saturated rings. The average Bonchev–Trinajstić information content (AvgIpc) is 2.42. The molecule has 20 heavy (non-hydrogen) atoms. The topological polar surface area (TPSA) is 41.5 Å². The van der Waals surface area contributed by atoms with Crippen LogP contribution >= 0.6 is 23.2 Å². The molecule has 0 saturated heterocycles. The fourth-order valence-electron chi connectivity index (χ4n) is 1.54. The third-order valence-corrected chi connectivity index (χ3v) is 3.21. The van der Waals surface area contributed by atoms with Crippen LogP contribution in [0.5, 0.6) is 0 Å². The van der Waals surface area contributed by atoms with Gasteiger partial charge < -0.3 is 0 Å². The summed E-state index contributed by atoms with van der Waals surface area (Å²) in [5, 5.41) is 4.91. The highest BCUT2D eigenvalue weighted by Crippen LogP contribution is 2.19. The first kappa shape index (κ1) is 14.6. The first-order chi connectivity index (χ1) is 9.56. The lowest BCUT2D eigenvalue weighted by atomic mass is 10.1. The van der Waals surface area contributed by atoms with E-state index in [1.54, 1.807) is 30.3 Å². The Labute approximate surface area is 127 Å². The molecule has 2 rings (SSSR count). The average molecular weight is 307 g/mol. The molecule has 3 nitrogen and oxygen atoms in total. The van der Waals surface area contributed by atoms with Gasteiger partial charge in [-0.1, -0.05) is 47.0 Å². The lowest BCUT2D eigenvalue weighted by Crippen LogP contribution is -2.17. The SMILES string of the molecule is Cc1ccc(C(=O)N/N=C\c2ccc(Cl)cc2Cl)cc1. The Morgan fingerprint density at radius 3 is 2.50 bits per heavy atom. The normalized spacial score (nSPS) is 10.8. The van der Waals surface area contributed by atoms with Gasteiger partial charge in [0.1, 0.15) is 0 Å². The molecule has 0 aliphatic carbocycles. The van der Waals surface area contributed by atoms with Gasteiger partial charge in [0.15, 0.2) is 0 Å². The second-order valence-electron chi connectivity index (χ2n) is 4.23. The summed E-state index contributed by atoms with van der Waals surface area (Å²) in [6.07, 6.45) is 1.48. The lowest BCUT2D eigenvalue weighted by molar-refractivity contribution is 0.0955. The Morgan fingerprint density at radius 2 is 1.85 bits per heavy atom. The predicted octanol–water partition coefficient (Wildman–Crippen LogP) is 4.07. The number of amides is 1. The fourth-order valence-corrected chi connectivity index (χ4v) is 1.99. The molecular weight excluding hydrogens is 295 g/mol. The Hall–Kier alpha value is -1.84. The van der Waals surface area contributed by atoms with E-state index in [0.717, 1.165) is 5.56 Å². The van der Waals surface area contributed by atoms with Crippen LogP contribution in [0.3, 0.4) is 0 Å². The molecule has 0 aromatic heterocycles. The molecule has 0 heterocycles. The number of hydrazone groups is 1. The first-order valence-electron chi connectivity index (χ1n) is 5.91. The number of benzene rings is 2. The van der Waals surface area contributed by atoms with Crippen molar-refractivity contribution in [2.45, 2.75) is 6.92 Å². The van der Waals surface area contributed by atoms with Crippen molar-refractivity contribution in [3.8, 4) is 0 Å². The van der Waals surface area contributed by atoms with Crippen LogP contribution in [0.4, 0.5) is 0 Å². The summed E-state index contributed by atoms with van der Waals surface area (Å²) in [7, 11) is 0. The Bertz CT molecular complexity index is 651. The molecular formula is C15H12Cl2N2O. The second-order valence-corrected chi connectivity index (χ2v) is 5.07. The number of aryl methyl sites for hydroxylation is 1. The van der Waals surface area contributed by atoms with E-state index in [9.17, 15) is 4.79 Å². The van der Waals surface area contributed by atoms with Crippen molar-refractivity contribution in [3.63, 3.8) is 0 Å². The summed E-state index contributed by atoms with van der Waals surface area (Å²) in [6.45, 7) is 1.96. The highest BCUT2D eigenvalue weighted by molar-refractivity contribution is 6.36. The van der Waals surface area contributed by atoms with Gasteiger partial charge >= 0.3 is 0 Å². The maximum absolute atomic E-state index is 11.8. The number of nitrogens with zero attached hydrogens (tertiary/aromatic N) is 1. The maximum atomic E-state index is 11.8. The van der Waals surface area contributed by atoms with Crippen LogP contribution in [0.15, 0.2) is 47.6 Å². The van der Waals surface area contributed by atoms with Gasteiger partial charge in [-0.3, -0.25) is 4.79 Å². The van der Waals surface area contributed by atoms with Crippen molar-refractivity contribution in [3.05, 3.63) is 69.2 Å². The number of carbonyl (C=O) groups is 1. The van der Waals surface area contributed by atoms with E-state index < -0.39 is 0 Å². The minimum absolute atomic E-state index is 0.272. The third kappa shape index (κ3) is 3.83. The van der Waals surface area contributed by atoms with Crippen molar-refractivity contribution in [1.29, 1.82) is 0 Å². The molecule has 0 saturated carbocycles. The van der Waals surface area contributed by atoms with Gasteiger partial charge in [0.25, 0.3) is 5.91 Å². The van der Waals surface area contributed by atoms with Crippen molar-refractivity contribution in [1.82, 2.24) is 5.43 Å². The van der Waals surface area contributed by atoms with E-state index in [1.807, 2.05) is 19.1 Å². The van der Waals surface area contributed by atoms with E-state index in [4.69, 9.17) is 23.2 Å². The number of rotatable bonds is 3. The van der Waals surface area contributed by atoms with E-state index in [1.165, 1.54) is 6.21 Å². The van der Waals surface area contributed by atoms with Crippen molar-refractivity contribution in [2.24, 2.45) is 5.10 Å². The van der Waals surface area contributed by atoms with Gasteiger partial charge in [0, 0.05) is 16.1 Å². The van der Waals surface area contributed by atoms with Crippen LogP contribution in [-0.2, 0) is 0 Å². The molecule has 2 aromatic rings. The summed E-state index contributed by atoms with van der Waals surface area (Å²) >= 11 is 11.8. The maximum Gasteiger partial charge on any atom is 0.271 e. The molecule has 102 valence electrons. The molecule has 0 radical (unpaired) electrons. The minimum Gasteiger partial charge on any atom is -0.267 e. The summed E-state index contributed by atoms with van der Waals surface area (Å²) < 4.78 is 0. The summed E-state index contributed by atoms with van der Waals surface area (Å²) in [6, 6.07) is 12.3. The second kappa shape index (κ2) is 6.55. The lowest BCUT2D eigenvalue weighted by Gasteiger charge is -2.01. The Morgan fingerprint density at radius 1 is 1.15 bits per heavy atom. The first-order valence-corrected chi connectivity index (χ1v) is 6.67. The molecule has 0 spiro atoms. The van der Waals surface area contributed by atoms with Gasteiger partial charge in [0.2, 0.25) is 0 Å². The van der Waals surface area contributed by atoms with Gasteiger partial charge in [-0.25, -0.2) is 5.43 Å². The van der Waals surface area contributed by atoms with Crippen LogP contribution in [0, 0.1) is 6.92 Å². The van der Waals surface area contributed by atoms with Crippen LogP contribution in [-0.4, -0.2) is 12.1 Å². The zero-order chi connectivity index (χ0) is 14.5. The molecule has 2 aromatic carbocycles. The van der Waals surface area contributed by atoms with Crippen molar-refractivity contribution >= 4 is 35.3 Å². The van der Waals surface area contributed by atoms with Gasteiger partial charge in [0.05, 0.1) is 11.2 Å². The predicted molar refractivity (Wildman–Crippen MR) is 82.7 cm³/mol. The Kier molecular flexibility index (Phi) is 4.77. The number of halogens is 2. The zero-order valence-corrected chi connectivity index (χ0v) is 12.2. The van der Waals surface area contributed by atoms with Crippen LogP contribution in [0.1, 0.15) is 21.5 Å². The highest BCUT2D eigenvalue weighted by atomic mass is 35.5. The molecule has 0 aliphatic heterocycles. The quantitative estimate of drug-likeness (QED) is 0.674. The minimum atomic E-state index is -0.272. The summed E-state index contributed by atoms with van der Waals surface area (Å²) in [4.78, 5) is 11.8. The molecule has 0 atom stereocenters. The molecule has 5 heteroatoms. The van der Waals surface area contributed by atoms with Crippen molar-refractivity contribution < 1.29 is 4.79 Å². The number of carbonyl (C=O) groups excluding carboxylic acids is 1. The van der Waals surface area contributed by atoms with Gasteiger partial charge in [-0.05, 0) is 31.2 Å². The van der Waals surface area contributed by atoms with Gasteiger partial charge in [-0.15, -0.1) is 0 Å². The molecule has 1 N–H and O–H groups in total. The summed E-state index contributed by atoms with van der Waals surface area (Å²) in [5.74, 6) is -0.272. The smallest absolute Gasteiger partial charge is 0.267 e. The monoisotopic (exact) mass is 306 g/mol. The molecule has 0 bridgehead atoms. The van der Waals surface area contributed by atoms with E-state index in [-0.39, 0.29) is 5.91 Å². The molecule has 1 amide bonds. The standard InChI is InChI=1S/C15H12Cl2N2O/c1-10-2-4-11(5-3-10)15(20)19-18-9-12-6-7-13(16)8-14(12)17/h2-9H,1H3,(H,19,20)/b18-9-. The Balaban J connectivity index is 2.02. The van der Waals surface area contributed by atoms with Crippen molar-refractivity contribution in [2.75, 3.05) is 0 Å².